The van der Waals surface area contributed by atoms with Crippen LogP contribution in [0.2, 0.25) is 0 Å². The summed E-state index contributed by atoms with van der Waals surface area (Å²) in [5, 5.41) is 37.1. The minimum Gasteiger partial charge on any atom is -0.489 e. The van der Waals surface area contributed by atoms with Gasteiger partial charge in [0, 0.05) is 35.4 Å². The molecule has 0 unspecified atom stereocenters. The number of nitrogens with zero attached hydrogens (tertiary/aromatic N) is 6. The van der Waals surface area contributed by atoms with Gasteiger partial charge in [-0.25, -0.2) is 10.9 Å². The molecule has 0 spiro atoms. The molecule has 2 N–H and O–H groups in total. The van der Waals surface area contributed by atoms with Crippen LogP contribution in [0.15, 0.2) is 166 Å². The van der Waals surface area contributed by atoms with Crippen molar-refractivity contribution in [3.05, 3.63) is 210 Å². The zero-order valence-electron chi connectivity index (χ0n) is 36.2. The number of benzene rings is 6. The molecule has 66 heavy (non-hydrogen) atoms. The van der Waals surface area contributed by atoms with Gasteiger partial charge in [-0.3, -0.25) is 29.8 Å². The molecule has 0 bridgehead atoms. The van der Waals surface area contributed by atoms with Gasteiger partial charge >= 0.3 is 0 Å². The van der Waals surface area contributed by atoms with E-state index in [0.29, 0.717) is 22.3 Å². The summed E-state index contributed by atoms with van der Waals surface area (Å²) < 4.78 is 11.9. The van der Waals surface area contributed by atoms with Crippen molar-refractivity contribution in [2.24, 2.45) is 20.5 Å². The highest BCUT2D eigenvalue weighted by atomic mass is 16.6. The lowest BCUT2D eigenvalue weighted by Crippen LogP contribution is -2.29. The summed E-state index contributed by atoms with van der Waals surface area (Å²) in [6, 6.07) is 41.2. The average Bonchev–Trinajstić information content (AvgIpc) is 3.32. The molecule has 336 valence electrons. The molecule has 0 atom stereocenters. The van der Waals surface area contributed by atoms with Crippen LogP contribution in [0.5, 0.6) is 11.5 Å². The Morgan fingerprint density at radius 3 is 1.23 bits per heavy atom. The van der Waals surface area contributed by atoms with Crippen LogP contribution in [0.3, 0.4) is 0 Å². The van der Waals surface area contributed by atoms with E-state index in [9.17, 15) is 29.8 Å². The third-order valence-electron chi connectivity index (χ3n) is 9.26. The summed E-state index contributed by atoms with van der Waals surface area (Å²) in [5.41, 5.74) is 10.5. The van der Waals surface area contributed by atoms with Crippen molar-refractivity contribution in [3.8, 4) is 11.5 Å². The maximum absolute atomic E-state index is 12.8. The van der Waals surface area contributed by atoms with Crippen LogP contribution in [-0.4, -0.2) is 59.7 Å². The number of rotatable bonds is 18. The molecule has 6 aromatic rings. The lowest BCUT2D eigenvalue weighted by molar-refractivity contribution is -0.385. The number of oxime groups is 2. The molecule has 0 aliphatic rings. The number of nitrogens with one attached hydrogen (secondary N) is 2. The molecule has 6 rings (SSSR count). The number of para-hydroxylation sites is 2. The number of nitro benzene ring substituents is 2. The Kier molecular flexibility index (Phi) is 17.8. The smallest absolute Gasteiger partial charge is 0.294 e. The second-order valence-electron chi connectivity index (χ2n) is 13.8. The normalized spacial score (nSPS) is 11.3. The van der Waals surface area contributed by atoms with Gasteiger partial charge in [-0.15, -0.1) is 0 Å². The van der Waals surface area contributed by atoms with Crippen LogP contribution >= 0.6 is 0 Å². The molecule has 0 aliphatic heterocycles. The largest absolute Gasteiger partial charge is 0.489 e. The number of carbonyl (C=O) groups excluding carboxylic acids is 2. The van der Waals surface area contributed by atoms with E-state index in [1.165, 1.54) is 75.2 Å². The number of ether oxygens (including phenoxy) is 2. The summed E-state index contributed by atoms with van der Waals surface area (Å²) in [6.07, 6.45) is 2.75. The van der Waals surface area contributed by atoms with Crippen LogP contribution in [0.1, 0.15) is 44.5 Å². The fourth-order valence-corrected chi connectivity index (χ4v) is 5.91. The van der Waals surface area contributed by atoms with Gasteiger partial charge in [0.25, 0.3) is 23.2 Å². The number of hydrazone groups is 2. The highest BCUT2D eigenvalue weighted by Gasteiger charge is 2.20. The monoisotopic (exact) mass is 892 g/mol. The lowest BCUT2D eigenvalue weighted by Gasteiger charge is -2.13. The van der Waals surface area contributed by atoms with E-state index in [1.807, 2.05) is 86.6 Å². The van der Waals surface area contributed by atoms with Gasteiger partial charge < -0.3 is 19.1 Å². The summed E-state index contributed by atoms with van der Waals surface area (Å²) in [7, 11) is 2.69. The first-order chi connectivity index (χ1) is 32.0. The number of hydrogen-bond donors (Lipinski definition) is 2. The predicted molar refractivity (Wildman–Crippen MR) is 249 cm³/mol. The van der Waals surface area contributed by atoms with Crippen molar-refractivity contribution in [1.29, 1.82) is 0 Å². The van der Waals surface area contributed by atoms with Crippen LogP contribution in [0.4, 0.5) is 11.4 Å². The number of carbonyl (C=O) groups is 2. The number of nitro groups is 2. The summed E-state index contributed by atoms with van der Waals surface area (Å²) in [5.74, 6) is 0.320. The van der Waals surface area contributed by atoms with E-state index in [1.54, 1.807) is 24.3 Å². The summed E-state index contributed by atoms with van der Waals surface area (Å²) in [6.45, 7) is 4.36. The number of non-ortho nitro benzene ring substituents is 2. The first kappa shape index (κ1) is 48.0. The number of amides is 2. The van der Waals surface area contributed by atoms with Gasteiger partial charge in [-0.1, -0.05) is 95.2 Å². The lowest BCUT2D eigenvalue weighted by atomic mass is 10.0. The Hall–Kier alpha value is -9.06. The summed E-state index contributed by atoms with van der Waals surface area (Å²) in [4.78, 5) is 55.8. The van der Waals surface area contributed by atoms with E-state index in [2.05, 4.69) is 31.4 Å². The Morgan fingerprint density at radius 2 is 0.879 bits per heavy atom. The first-order valence-corrected chi connectivity index (χ1v) is 19.9. The molecular weight excluding hydrogens is 849 g/mol. The molecule has 0 fully saturated rings. The Morgan fingerprint density at radius 1 is 0.530 bits per heavy atom. The maximum atomic E-state index is 12.8. The van der Waals surface area contributed by atoms with Crippen molar-refractivity contribution in [2.45, 2.75) is 27.1 Å². The molecule has 2 amide bonds. The zero-order chi connectivity index (χ0) is 47.3. The standard InChI is InChI=1S/2C24H22N4O5/c2*1-17-7-3-6-10-22(17)33-16-19-8-4-5-9-21(19)23(27-32-2)24(29)26-25-15-18-11-13-20(14-12-18)28(30)31/h2*3-15H,16H2,1-2H3,(H,26,29)/b2*25-15+,27-23+. The Balaban J connectivity index is 0.000000247. The van der Waals surface area contributed by atoms with E-state index >= 15 is 0 Å². The van der Waals surface area contributed by atoms with Crippen molar-refractivity contribution in [3.63, 3.8) is 0 Å². The maximum Gasteiger partial charge on any atom is 0.294 e. The highest BCUT2D eigenvalue weighted by molar-refractivity contribution is 6.46. The van der Waals surface area contributed by atoms with Crippen molar-refractivity contribution >= 4 is 47.0 Å². The van der Waals surface area contributed by atoms with E-state index in [0.717, 1.165) is 33.8 Å². The number of aryl methyl sites for hydroxylation is 2. The van der Waals surface area contributed by atoms with Crippen LogP contribution in [-0.2, 0) is 32.5 Å². The second-order valence-corrected chi connectivity index (χ2v) is 13.8. The zero-order valence-corrected chi connectivity index (χ0v) is 36.2. The quantitative estimate of drug-likeness (QED) is 0.0480. The van der Waals surface area contributed by atoms with Crippen molar-refractivity contribution in [1.82, 2.24) is 10.9 Å². The van der Waals surface area contributed by atoms with Crippen molar-refractivity contribution < 1.29 is 38.6 Å². The molecule has 0 saturated carbocycles. The number of hydrogen-bond acceptors (Lipinski definition) is 14. The molecule has 18 nitrogen and oxygen atoms in total. The van der Waals surface area contributed by atoms with Crippen molar-refractivity contribution in [2.75, 3.05) is 14.2 Å². The third kappa shape index (κ3) is 14.0. The molecule has 0 aromatic heterocycles. The Labute approximate surface area is 379 Å². The van der Waals surface area contributed by atoms with E-state index in [4.69, 9.17) is 19.1 Å². The minimum atomic E-state index is -0.585. The van der Waals surface area contributed by atoms with Crippen LogP contribution < -0.4 is 20.3 Å². The molecular formula is C48H44N8O10. The topological polar surface area (TPSA) is 231 Å². The van der Waals surface area contributed by atoms with Gasteiger partial charge in [-0.2, -0.15) is 10.2 Å². The van der Waals surface area contributed by atoms with Crippen LogP contribution in [0, 0.1) is 34.1 Å². The van der Waals surface area contributed by atoms with E-state index < -0.39 is 21.7 Å². The van der Waals surface area contributed by atoms with E-state index in [-0.39, 0.29) is 36.0 Å². The second kappa shape index (κ2) is 24.5. The molecule has 6 aromatic carbocycles. The fraction of sp³-hybridized carbons (Fsp3) is 0.125. The SMILES string of the molecule is CO/N=C(/C(=O)N/N=C/c1ccc([N+](=O)[O-])cc1)c1ccccc1COc1ccccc1C.CO/N=C(/C(=O)N/N=C/c1ccc([N+](=O)[O-])cc1)c1ccccc1COc1ccccc1C. The molecule has 18 heteroatoms. The molecule has 0 radical (unpaired) electrons. The fourth-order valence-electron chi connectivity index (χ4n) is 5.91. The van der Waals surface area contributed by atoms with Gasteiger partial charge in [-0.05, 0) is 83.6 Å². The third-order valence-corrected chi connectivity index (χ3v) is 9.26. The van der Waals surface area contributed by atoms with Crippen LogP contribution in [0.25, 0.3) is 0 Å². The first-order valence-electron chi connectivity index (χ1n) is 19.9. The van der Waals surface area contributed by atoms with Gasteiger partial charge in [0.05, 0.1) is 22.3 Å². The molecule has 0 heterocycles. The van der Waals surface area contributed by atoms with Gasteiger partial charge in [0.15, 0.2) is 11.4 Å². The minimum absolute atomic E-state index is 0.0299. The molecule has 0 aliphatic carbocycles. The average molecular weight is 893 g/mol. The van der Waals surface area contributed by atoms with Gasteiger partial charge in [0.1, 0.15) is 38.9 Å². The van der Waals surface area contributed by atoms with Gasteiger partial charge in [0.2, 0.25) is 0 Å². The predicted octanol–water partition coefficient (Wildman–Crippen LogP) is 7.97. The molecule has 0 saturated heterocycles. The Bertz CT molecular complexity index is 2570. The highest BCUT2D eigenvalue weighted by Crippen LogP contribution is 2.22. The summed E-state index contributed by atoms with van der Waals surface area (Å²) >= 11 is 0.